The topological polar surface area (TPSA) is 148 Å². The Morgan fingerprint density at radius 1 is 0.438 bits per heavy atom. The Kier molecular flexibility index (Phi) is 17.2. The van der Waals surface area contributed by atoms with Crippen molar-refractivity contribution in [3.05, 3.63) is 57.6 Å². The molecule has 0 atom stereocenters. The molecular weight excluding hydrogens is 921 g/mol. The number of nitrogens with one attached hydrogen (secondary N) is 2. The van der Waals surface area contributed by atoms with E-state index >= 15 is 9.59 Å². The standard InChI is InChI=1S/C61H98N2O10/c1-51(2,3)41-27-37(28-42(52(4,5)6)45(41)70-49(66)72-55(13,14)15)31-61(47(64)68-39-33-57(19,20)62-58(21,22)34-39,48(65)69-40-35-59(23,24)63-60(25,26)36-40)32-38-29-43(53(7,8)9)46(44(30-38)54(10,11)12)71-50(67)73-56(16,17)18/h27-30,39-40,62-63H,31-36H2,1-26H3. The molecule has 4 rings (SSSR count). The minimum absolute atomic E-state index is 0.120. The third-order valence-corrected chi connectivity index (χ3v) is 13.3. The number of ether oxygens (including phenoxy) is 6. The second kappa shape index (κ2) is 20.4. The molecule has 2 aromatic rings. The first-order chi connectivity index (χ1) is 32.4. The quantitative estimate of drug-likeness (QED) is 0.101. The van der Waals surface area contributed by atoms with Gasteiger partial charge in [-0.25, -0.2) is 9.59 Å². The molecule has 2 aromatic carbocycles. The van der Waals surface area contributed by atoms with Gasteiger partial charge in [-0.3, -0.25) is 9.59 Å². The van der Waals surface area contributed by atoms with Crippen LogP contribution in [0.2, 0.25) is 0 Å². The van der Waals surface area contributed by atoms with Gasteiger partial charge in [0.2, 0.25) is 0 Å². The van der Waals surface area contributed by atoms with Crippen LogP contribution in [0.1, 0.15) is 239 Å². The van der Waals surface area contributed by atoms with Gasteiger partial charge in [-0.05, 0) is 143 Å². The minimum atomic E-state index is -1.98. The summed E-state index contributed by atoms with van der Waals surface area (Å²) in [5, 5.41) is 7.42. The summed E-state index contributed by atoms with van der Waals surface area (Å²) in [6.45, 7) is 52.0. The lowest BCUT2D eigenvalue weighted by Crippen LogP contribution is -2.61. The van der Waals surface area contributed by atoms with Crippen LogP contribution < -0.4 is 20.1 Å². The van der Waals surface area contributed by atoms with Crippen molar-refractivity contribution in [2.75, 3.05) is 0 Å². The fraction of sp³-hybridized carbons (Fsp3) is 0.738. The zero-order chi connectivity index (χ0) is 56.3. The van der Waals surface area contributed by atoms with Crippen molar-refractivity contribution < 1.29 is 47.6 Å². The summed E-state index contributed by atoms with van der Waals surface area (Å²) in [7, 11) is 0. The van der Waals surface area contributed by atoms with Gasteiger partial charge in [-0.1, -0.05) is 107 Å². The number of carbonyl (C=O) groups is 4. The monoisotopic (exact) mass is 1020 g/mol. The lowest BCUT2D eigenvalue weighted by molar-refractivity contribution is -0.183. The van der Waals surface area contributed by atoms with Gasteiger partial charge in [-0.15, -0.1) is 0 Å². The second-order valence-corrected chi connectivity index (χ2v) is 30.3. The van der Waals surface area contributed by atoms with Gasteiger partial charge < -0.3 is 39.1 Å². The van der Waals surface area contributed by atoms with Crippen molar-refractivity contribution >= 4 is 24.2 Å². The van der Waals surface area contributed by atoms with Gasteiger partial charge in [0.05, 0.1) is 0 Å². The fourth-order valence-corrected chi connectivity index (χ4v) is 11.0. The molecule has 0 aromatic heterocycles. The molecule has 0 aliphatic carbocycles. The summed E-state index contributed by atoms with van der Waals surface area (Å²) >= 11 is 0. The minimum Gasteiger partial charge on any atom is -0.461 e. The number of esters is 2. The van der Waals surface area contributed by atoms with Crippen LogP contribution >= 0.6 is 0 Å². The van der Waals surface area contributed by atoms with E-state index in [4.69, 9.17) is 28.4 Å². The Morgan fingerprint density at radius 3 is 0.877 bits per heavy atom. The van der Waals surface area contributed by atoms with Gasteiger partial charge in [0.25, 0.3) is 0 Å². The van der Waals surface area contributed by atoms with E-state index in [-0.39, 0.29) is 35.0 Å². The lowest BCUT2D eigenvalue weighted by atomic mass is 9.71. The predicted octanol–water partition coefficient (Wildman–Crippen LogP) is 14.0. The van der Waals surface area contributed by atoms with E-state index in [1.54, 1.807) is 41.5 Å². The summed E-state index contributed by atoms with van der Waals surface area (Å²) in [5.74, 6) is -0.624. The Hall–Kier alpha value is -4.16. The first-order valence-electron chi connectivity index (χ1n) is 26.6. The summed E-state index contributed by atoms with van der Waals surface area (Å²) in [5.41, 5.74) is -3.38. The van der Waals surface area contributed by atoms with Crippen LogP contribution in [0.15, 0.2) is 24.3 Å². The molecule has 0 amide bonds. The number of carbonyl (C=O) groups excluding carboxylic acids is 4. The maximum absolute atomic E-state index is 16.2. The lowest BCUT2D eigenvalue weighted by Gasteiger charge is -2.47. The second-order valence-electron chi connectivity index (χ2n) is 30.3. The molecule has 2 saturated heterocycles. The van der Waals surface area contributed by atoms with Crippen LogP contribution in [-0.2, 0) is 63.0 Å². The maximum atomic E-state index is 16.2. The van der Waals surface area contributed by atoms with Crippen molar-refractivity contribution in [1.82, 2.24) is 10.6 Å². The maximum Gasteiger partial charge on any atom is 0.514 e. The number of hydrogen-bond acceptors (Lipinski definition) is 12. The van der Waals surface area contributed by atoms with Gasteiger partial charge in [0.15, 0.2) is 5.41 Å². The highest BCUT2D eigenvalue weighted by Gasteiger charge is 2.54. The average molecular weight is 1020 g/mol. The Labute approximate surface area is 441 Å². The van der Waals surface area contributed by atoms with Crippen LogP contribution in [0.4, 0.5) is 9.59 Å². The summed E-state index contributed by atoms with van der Waals surface area (Å²) in [4.78, 5) is 59.5. The van der Waals surface area contributed by atoms with Crippen molar-refractivity contribution in [3.63, 3.8) is 0 Å². The van der Waals surface area contributed by atoms with E-state index in [2.05, 4.69) is 66.0 Å². The van der Waals surface area contributed by atoms with Gasteiger partial charge in [0, 0.05) is 70.1 Å². The Balaban J connectivity index is 2.18. The molecule has 2 aliphatic heterocycles. The van der Waals surface area contributed by atoms with Crippen LogP contribution in [0.25, 0.3) is 0 Å². The first-order valence-corrected chi connectivity index (χ1v) is 26.6. The van der Waals surface area contributed by atoms with E-state index in [1.165, 1.54) is 0 Å². The zero-order valence-corrected chi connectivity index (χ0v) is 50.3. The molecule has 0 spiro atoms. The Morgan fingerprint density at radius 2 is 0.671 bits per heavy atom. The molecule has 2 heterocycles. The van der Waals surface area contributed by atoms with Crippen LogP contribution in [-0.4, -0.2) is 69.8 Å². The van der Waals surface area contributed by atoms with Crippen molar-refractivity contribution in [1.29, 1.82) is 0 Å². The number of rotatable bonds is 10. The zero-order valence-electron chi connectivity index (χ0n) is 50.3. The Bertz CT molecular complexity index is 2100. The number of hydrogen-bond donors (Lipinski definition) is 2. The van der Waals surface area contributed by atoms with Crippen LogP contribution in [0, 0.1) is 5.41 Å². The van der Waals surface area contributed by atoms with Crippen molar-refractivity contribution in [2.45, 2.75) is 286 Å². The molecule has 12 nitrogen and oxygen atoms in total. The molecule has 73 heavy (non-hydrogen) atoms. The summed E-state index contributed by atoms with van der Waals surface area (Å²) in [6, 6.07) is 7.82. The molecule has 0 bridgehead atoms. The first kappa shape index (κ1) is 61.4. The van der Waals surface area contributed by atoms with Crippen molar-refractivity contribution in [2.24, 2.45) is 5.41 Å². The van der Waals surface area contributed by atoms with Crippen molar-refractivity contribution in [3.8, 4) is 11.5 Å². The normalized spacial score (nSPS) is 18.9. The molecule has 412 valence electrons. The molecule has 0 saturated carbocycles. The SMILES string of the molecule is CC1(C)CC(OC(=O)C(Cc2cc(C(C)(C)C)c(OC(=O)OC(C)(C)C)c(C(C)(C)C)c2)(Cc2cc(C(C)(C)C)c(OC(=O)OC(C)(C)C)c(C(C)(C)C)c2)C(=O)OC2CC(C)(C)NC(C)(C)C2)CC(C)(C)N1. The van der Waals surface area contributed by atoms with Crippen LogP contribution in [0.5, 0.6) is 11.5 Å². The third-order valence-electron chi connectivity index (χ3n) is 13.3. The highest BCUT2D eigenvalue weighted by molar-refractivity contribution is 6.01. The molecule has 0 radical (unpaired) electrons. The van der Waals surface area contributed by atoms with Gasteiger partial charge in [0.1, 0.15) is 34.9 Å². The van der Waals surface area contributed by atoms with E-state index in [9.17, 15) is 9.59 Å². The fourth-order valence-electron chi connectivity index (χ4n) is 11.0. The molecule has 2 N–H and O–H groups in total. The predicted molar refractivity (Wildman–Crippen MR) is 292 cm³/mol. The molecule has 0 unspecified atom stereocenters. The summed E-state index contributed by atoms with van der Waals surface area (Å²) < 4.78 is 37.5. The van der Waals surface area contributed by atoms with Crippen LogP contribution in [0.3, 0.4) is 0 Å². The number of benzene rings is 2. The largest absolute Gasteiger partial charge is 0.514 e. The smallest absolute Gasteiger partial charge is 0.461 e. The molecular formula is C61H98N2O10. The number of piperidine rings is 2. The molecule has 2 fully saturated rings. The highest BCUT2D eigenvalue weighted by atomic mass is 16.7. The van der Waals surface area contributed by atoms with E-state index < -0.39 is 74.7 Å². The molecule has 12 heteroatoms. The average Bonchev–Trinajstić information content (AvgIpc) is 3.09. The van der Waals surface area contributed by atoms with E-state index in [0.717, 1.165) is 0 Å². The van der Waals surface area contributed by atoms with E-state index in [0.29, 0.717) is 70.6 Å². The van der Waals surface area contributed by atoms with Gasteiger partial charge in [-0.2, -0.15) is 0 Å². The highest BCUT2D eigenvalue weighted by Crippen LogP contribution is 2.47. The molecule has 2 aliphatic rings. The van der Waals surface area contributed by atoms with E-state index in [1.807, 2.05) is 107 Å². The summed E-state index contributed by atoms with van der Waals surface area (Å²) in [6.07, 6.45) is -0.919. The van der Waals surface area contributed by atoms with Gasteiger partial charge >= 0.3 is 24.2 Å². The third kappa shape index (κ3) is 16.9.